The molecule has 0 saturated carbocycles. The Hall–Kier alpha value is 0.352. The Morgan fingerprint density at radius 2 is 2.40 bits per heavy atom. The zero-order valence-corrected chi connectivity index (χ0v) is 9.37. The standard InChI is InChI=1S/C6H11NOS.Re/c1-5-2-3-7-6(9)8-4-5;/h5H,2-4H2,1H3,(H,7,9);/p-1. The molecule has 0 bridgehead atoms. The average molecular weight is 330 g/mol. The van der Waals surface area contributed by atoms with Gasteiger partial charge in [0.2, 0.25) is 0 Å². The van der Waals surface area contributed by atoms with Gasteiger partial charge in [-0.15, -0.1) is 0 Å². The molecule has 0 saturated heterocycles. The normalized spacial score (nSPS) is 25.3. The van der Waals surface area contributed by atoms with Gasteiger partial charge < -0.3 is 17.4 Å². The third-order valence-electron chi connectivity index (χ3n) is 1.35. The maximum Gasteiger partial charge on any atom is 0.0899 e. The summed E-state index contributed by atoms with van der Waals surface area (Å²) in [6.45, 7) is 3.71. The summed E-state index contributed by atoms with van der Waals surface area (Å²) in [5.74, 6) is 0.606. The van der Waals surface area contributed by atoms with Crippen molar-refractivity contribution in [3.8, 4) is 0 Å². The molecule has 0 aliphatic carbocycles. The first kappa shape index (κ1) is 10.4. The van der Waals surface area contributed by atoms with E-state index in [1.165, 1.54) is 0 Å². The first-order valence-corrected chi connectivity index (χ1v) is 3.54. The molecule has 1 heterocycles. The smallest absolute Gasteiger partial charge is 0.0899 e. The van der Waals surface area contributed by atoms with Crippen LogP contribution in [0.25, 0.3) is 0 Å². The molecule has 0 N–H and O–H groups in total. The Bertz CT molecular complexity index is 129. The molecule has 0 fully saturated rings. The van der Waals surface area contributed by atoms with Crippen LogP contribution in [0.2, 0.25) is 0 Å². The van der Waals surface area contributed by atoms with Gasteiger partial charge in [-0.05, 0) is 12.3 Å². The van der Waals surface area contributed by atoms with E-state index in [1.54, 1.807) is 0 Å². The van der Waals surface area contributed by atoms with Crippen LogP contribution in [-0.4, -0.2) is 18.4 Å². The molecule has 1 unspecified atom stereocenters. The minimum Gasteiger partial charge on any atom is -0.722 e. The van der Waals surface area contributed by atoms with Crippen molar-refractivity contribution in [1.82, 2.24) is 0 Å². The minimum atomic E-state index is 0. The molecular weight excluding hydrogens is 320 g/mol. The van der Waals surface area contributed by atoms with Gasteiger partial charge in [0, 0.05) is 27.0 Å². The maximum absolute atomic E-state index is 5.08. The fourth-order valence-electron chi connectivity index (χ4n) is 0.719. The topological polar surface area (TPSA) is 21.6 Å². The van der Waals surface area contributed by atoms with E-state index in [0.717, 1.165) is 19.6 Å². The van der Waals surface area contributed by atoms with Crippen molar-refractivity contribution in [3.05, 3.63) is 0 Å². The first-order chi connectivity index (χ1) is 4.29. The molecule has 1 atom stereocenters. The molecular formula is C6H10NOReS-. The van der Waals surface area contributed by atoms with E-state index >= 15 is 0 Å². The molecule has 1 rings (SSSR count). The van der Waals surface area contributed by atoms with Gasteiger partial charge in [-0.25, -0.2) is 0 Å². The van der Waals surface area contributed by atoms with Gasteiger partial charge in [-0.1, -0.05) is 6.92 Å². The van der Waals surface area contributed by atoms with Crippen molar-refractivity contribution in [1.29, 1.82) is 0 Å². The van der Waals surface area contributed by atoms with Crippen molar-refractivity contribution in [2.45, 2.75) is 13.3 Å². The number of ether oxygens (including phenoxy) is 1. The molecule has 2 nitrogen and oxygen atoms in total. The zero-order valence-electron chi connectivity index (χ0n) is 5.84. The van der Waals surface area contributed by atoms with Gasteiger partial charge in [0.1, 0.15) is 0 Å². The predicted molar refractivity (Wildman–Crippen MR) is 39.4 cm³/mol. The summed E-state index contributed by atoms with van der Waals surface area (Å²) in [4.78, 5) is 3.98. The molecule has 0 amide bonds. The van der Waals surface area contributed by atoms with Crippen LogP contribution in [0.15, 0.2) is 4.99 Å². The van der Waals surface area contributed by atoms with E-state index in [4.69, 9.17) is 17.4 Å². The molecule has 10 heavy (non-hydrogen) atoms. The second-order valence-corrected chi connectivity index (χ2v) is 2.70. The van der Waals surface area contributed by atoms with Crippen molar-refractivity contribution in [2.75, 3.05) is 13.2 Å². The largest absolute Gasteiger partial charge is 0.722 e. The molecule has 0 aromatic carbocycles. The molecule has 1 aliphatic heterocycles. The summed E-state index contributed by atoms with van der Waals surface area (Å²) in [5.41, 5.74) is 0. The van der Waals surface area contributed by atoms with Gasteiger partial charge in [-0.3, -0.25) is 4.99 Å². The van der Waals surface area contributed by atoms with Crippen LogP contribution in [0.5, 0.6) is 0 Å². The van der Waals surface area contributed by atoms with Crippen molar-refractivity contribution >= 4 is 17.9 Å². The Kier molecular flexibility index (Phi) is 5.24. The zero-order chi connectivity index (χ0) is 6.69. The van der Waals surface area contributed by atoms with Crippen molar-refractivity contribution < 1.29 is 25.2 Å². The molecule has 0 aromatic heterocycles. The molecule has 1 aliphatic rings. The van der Waals surface area contributed by atoms with Crippen LogP contribution in [0.1, 0.15) is 13.3 Å². The molecule has 4 heteroatoms. The molecule has 0 spiro atoms. The van der Waals surface area contributed by atoms with E-state index in [2.05, 4.69) is 11.9 Å². The summed E-state index contributed by atoms with van der Waals surface area (Å²) in [5, 5.41) is 0.430. The molecule has 59 valence electrons. The number of nitrogens with zero attached hydrogens (tertiary/aromatic N) is 1. The Balaban J connectivity index is 0.000000810. The van der Waals surface area contributed by atoms with Crippen molar-refractivity contribution in [3.63, 3.8) is 0 Å². The van der Waals surface area contributed by atoms with Crippen molar-refractivity contribution in [2.24, 2.45) is 10.9 Å². The summed E-state index contributed by atoms with van der Waals surface area (Å²) >= 11 is 4.76. The summed E-state index contributed by atoms with van der Waals surface area (Å²) in [6, 6.07) is 0. The quantitative estimate of drug-likeness (QED) is 0.617. The maximum atomic E-state index is 5.08. The van der Waals surface area contributed by atoms with E-state index in [-0.39, 0.29) is 20.4 Å². The third-order valence-corrected chi connectivity index (χ3v) is 1.60. The average Bonchev–Trinajstić information content (AvgIpc) is 1.97. The third kappa shape index (κ3) is 3.50. The molecule has 0 aromatic rings. The monoisotopic (exact) mass is 331 g/mol. The first-order valence-electron chi connectivity index (χ1n) is 3.13. The van der Waals surface area contributed by atoms with Gasteiger partial charge in [0.05, 0.1) is 11.8 Å². The van der Waals surface area contributed by atoms with Crippen LogP contribution >= 0.6 is 0 Å². The Labute approximate surface area is 80.5 Å². The fourth-order valence-corrected chi connectivity index (χ4v) is 0.878. The van der Waals surface area contributed by atoms with Crippen LogP contribution in [0.4, 0.5) is 0 Å². The van der Waals surface area contributed by atoms with Gasteiger partial charge in [-0.2, -0.15) is 0 Å². The Morgan fingerprint density at radius 1 is 1.70 bits per heavy atom. The van der Waals surface area contributed by atoms with Crippen LogP contribution in [-0.2, 0) is 37.8 Å². The van der Waals surface area contributed by atoms with E-state index in [1.807, 2.05) is 0 Å². The summed E-state index contributed by atoms with van der Waals surface area (Å²) in [7, 11) is 0. The van der Waals surface area contributed by atoms with Crippen LogP contribution in [0.3, 0.4) is 0 Å². The van der Waals surface area contributed by atoms with Gasteiger partial charge in [0.25, 0.3) is 0 Å². The van der Waals surface area contributed by atoms with E-state index < -0.39 is 0 Å². The second kappa shape index (κ2) is 5.06. The second-order valence-electron chi connectivity index (χ2n) is 2.35. The fraction of sp³-hybridized carbons (Fsp3) is 0.833. The number of rotatable bonds is 0. The number of hydrogen-bond donors (Lipinski definition) is 0. The number of hydrogen-bond acceptors (Lipinski definition) is 3. The molecule has 1 radical (unpaired) electrons. The SMILES string of the molecule is CC1CCN=C([S-])OC1.[Re]. The predicted octanol–water partition coefficient (Wildman–Crippen LogP) is 0.943. The van der Waals surface area contributed by atoms with E-state index in [0.29, 0.717) is 11.1 Å². The van der Waals surface area contributed by atoms with E-state index in [9.17, 15) is 0 Å². The number of aliphatic imine (C=N–C) groups is 1. The minimum absolute atomic E-state index is 0. The van der Waals surface area contributed by atoms with Crippen LogP contribution < -0.4 is 0 Å². The van der Waals surface area contributed by atoms with Gasteiger partial charge >= 0.3 is 0 Å². The van der Waals surface area contributed by atoms with Crippen LogP contribution in [0, 0.1) is 5.92 Å². The summed E-state index contributed by atoms with van der Waals surface area (Å²) in [6.07, 6.45) is 1.10. The Morgan fingerprint density at radius 3 is 3.10 bits per heavy atom. The summed E-state index contributed by atoms with van der Waals surface area (Å²) < 4.78 is 5.08. The van der Waals surface area contributed by atoms with Gasteiger partial charge in [0.15, 0.2) is 0 Å².